The number of aromatic nitrogens is 3. The molecule has 2 heterocycles. The topological polar surface area (TPSA) is 57.0 Å². The Morgan fingerprint density at radius 1 is 1.24 bits per heavy atom. The van der Waals surface area contributed by atoms with Crippen molar-refractivity contribution in [3.8, 4) is 11.3 Å². The van der Waals surface area contributed by atoms with Crippen LogP contribution in [0.5, 0.6) is 0 Å². The second kappa shape index (κ2) is 6.67. The van der Waals surface area contributed by atoms with Crippen molar-refractivity contribution in [2.24, 2.45) is 0 Å². The lowest BCUT2D eigenvalue weighted by Crippen LogP contribution is -2.15. The van der Waals surface area contributed by atoms with Gasteiger partial charge in [-0.2, -0.15) is 5.10 Å². The van der Waals surface area contributed by atoms with Gasteiger partial charge in [0.05, 0.1) is 22.8 Å². The molecule has 0 saturated heterocycles. The molecule has 0 bridgehead atoms. The average Bonchev–Trinajstić information content (AvgIpc) is 3.30. The summed E-state index contributed by atoms with van der Waals surface area (Å²) in [5.41, 5.74) is 3.02. The molecule has 0 unspecified atom stereocenters. The quantitative estimate of drug-likeness (QED) is 0.670. The van der Waals surface area contributed by atoms with Crippen LogP contribution in [0.2, 0.25) is 0 Å². The fraction of sp³-hybridized carbons (Fsp3) is 0.350. The Balaban J connectivity index is 1.81. The Kier molecular flexibility index (Phi) is 4.22. The van der Waals surface area contributed by atoms with Gasteiger partial charge in [-0.3, -0.25) is 0 Å². The van der Waals surface area contributed by atoms with Gasteiger partial charge in [0.2, 0.25) is 0 Å². The Bertz CT molecular complexity index is 896. The number of aryl methyl sites for hydroxylation is 1. The van der Waals surface area contributed by atoms with Crippen LogP contribution in [-0.4, -0.2) is 26.8 Å². The first kappa shape index (κ1) is 15.8. The van der Waals surface area contributed by atoms with Crippen LogP contribution in [0.1, 0.15) is 43.0 Å². The molecule has 5 heteroatoms. The molecule has 3 aromatic rings. The van der Waals surface area contributed by atoms with Gasteiger partial charge in [-0.1, -0.05) is 30.3 Å². The van der Waals surface area contributed by atoms with E-state index in [2.05, 4.69) is 5.10 Å². The zero-order valence-corrected chi connectivity index (χ0v) is 14.3. The van der Waals surface area contributed by atoms with Crippen molar-refractivity contribution >= 4 is 17.0 Å². The first-order chi connectivity index (χ1) is 12.3. The average molecular weight is 335 g/mol. The van der Waals surface area contributed by atoms with Crippen molar-refractivity contribution in [3.63, 3.8) is 0 Å². The monoisotopic (exact) mass is 335 g/mol. The molecule has 4 rings (SSSR count). The molecule has 1 aliphatic carbocycles. The van der Waals surface area contributed by atoms with Crippen LogP contribution >= 0.6 is 0 Å². The highest BCUT2D eigenvalue weighted by molar-refractivity contribution is 6.03. The molecular formula is C20H21N3O2. The van der Waals surface area contributed by atoms with Crippen LogP contribution in [-0.2, 0) is 11.3 Å². The third-order valence-electron chi connectivity index (χ3n) is 4.77. The summed E-state index contributed by atoms with van der Waals surface area (Å²) in [6, 6.07) is 11.7. The zero-order chi connectivity index (χ0) is 17.2. The number of pyridine rings is 1. The number of rotatable bonds is 4. The highest BCUT2D eigenvalue weighted by Crippen LogP contribution is 2.27. The first-order valence-corrected chi connectivity index (χ1v) is 8.89. The van der Waals surface area contributed by atoms with Gasteiger partial charge in [-0.25, -0.2) is 14.5 Å². The fourth-order valence-corrected chi connectivity index (χ4v) is 3.43. The number of benzene rings is 1. The van der Waals surface area contributed by atoms with Gasteiger partial charge in [-0.05, 0) is 38.7 Å². The van der Waals surface area contributed by atoms with Crippen LogP contribution in [0.15, 0.2) is 42.6 Å². The molecule has 1 aliphatic rings. The fourth-order valence-electron chi connectivity index (χ4n) is 3.43. The predicted octanol–water partition coefficient (Wildman–Crippen LogP) is 4.22. The summed E-state index contributed by atoms with van der Waals surface area (Å²) in [4.78, 5) is 17.6. The molecular weight excluding hydrogens is 314 g/mol. The SMILES string of the molecule is CCn1ncc2c(C(=O)OC3CCCC3)cc(-c3ccccc3)nc21. The van der Waals surface area contributed by atoms with Gasteiger partial charge in [-0.15, -0.1) is 0 Å². The van der Waals surface area contributed by atoms with Gasteiger partial charge in [0.25, 0.3) is 0 Å². The summed E-state index contributed by atoms with van der Waals surface area (Å²) < 4.78 is 7.55. The number of fused-ring (bicyclic) bond motifs is 1. The van der Waals surface area contributed by atoms with Gasteiger partial charge in [0, 0.05) is 12.1 Å². The van der Waals surface area contributed by atoms with Crippen molar-refractivity contribution in [1.29, 1.82) is 0 Å². The van der Waals surface area contributed by atoms with E-state index < -0.39 is 0 Å². The lowest BCUT2D eigenvalue weighted by atomic mass is 10.1. The largest absolute Gasteiger partial charge is 0.459 e. The maximum atomic E-state index is 12.8. The predicted molar refractivity (Wildman–Crippen MR) is 96.3 cm³/mol. The molecule has 1 aromatic carbocycles. The second-order valence-corrected chi connectivity index (χ2v) is 6.43. The highest BCUT2D eigenvalue weighted by Gasteiger charge is 2.23. The molecule has 128 valence electrons. The number of carbonyl (C=O) groups is 1. The van der Waals surface area contributed by atoms with E-state index in [4.69, 9.17) is 9.72 Å². The molecule has 0 N–H and O–H groups in total. The smallest absolute Gasteiger partial charge is 0.339 e. The van der Waals surface area contributed by atoms with Gasteiger partial charge < -0.3 is 4.74 Å². The van der Waals surface area contributed by atoms with Crippen molar-refractivity contribution in [2.45, 2.75) is 45.3 Å². The van der Waals surface area contributed by atoms with E-state index in [9.17, 15) is 4.79 Å². The van der Waals surface area contributed by atoms with Crippen LogP contribution in [0.3, 0.4) is 0 Å². The summed E-state index contributed by atoms with van der Waals surface area (Å²) in [6.45, 7) is 2.71. The normalized spacial score (nSPS) is 14.9. The minimum absolute atomic E-state index is 0.0390. The first-order valence-electron chi connectivity index (χ1n) is 8.89. The summed E-state index contributed by atoms with van der Waals surface area (Å²) in [5.74, 6) is -0.271. The molecule has 25 heavy (non-hydrogen) atoms. The van der Waals surface area contributed by atoms with Crippen LogP contribution in [0, 0.1) is 0 Å². The van der Waals surface area contributed by atoms with Crippen molar-refractivity contribution in [3.05, 3.63) is 48.2 Å². The summed E-state index contributed by atoms with van der Waals surface area (Å²) in [7, 11) is 0. The zero-order valence-electron chi connectivity index (χ0n) is 14.3. The molecule has 0 amide bonds. The minimum Gasteiger partial charge on any atom is -0.459 e. The second-order valence-electron chi connectivity index (χ2n) is 6.43. The standard InChI is InChI=1S/C20H21N3O2/c1-2-23-19-17(13-21-23)16(20(24)25-15-10-6-7-11-15)12-18(22-19)14-8-4-3-5-9-14/h3-5,8-9,12-13,15H,2,6-7,10-11H2,1H3. The van der Waals surface area contributed by atoms with E-state index in [1.807, 2.05) is 48.0 Å². The molecule has 0 aliphatic heterocycles. The number of hydrogen-bond acceptors (Lipinski definition) is 4. The maximum absolute atomic E-state index is 12.8. The summed E-state index contributed by atoms with van der Waals surface area (Å²) in [6.07, 6.45) is 5.93. The van der Waals surface area contributed by atoms with E-state index >= 15 is 0 Å². The molecule has 0 atom stereocenters. The minimum atomic E-state index is -0.271. The lowest BCUT2D eigenvalue weighted by Gasteiger charge is -2.13. The number of nitrogens with zero attached hydrogens (tertiary/aromatic N) is 3. The Morgan fingerprint density at radius 3 is 2.72 bits per heavy atom. The van der Waals surface area contributed by atoms with E-state index in [1.165, 1.54) is 0 Å². The van der Waals surface area contributed by atoms with Crippen LogP contribution in [0.25, 0.3) is 22.3 Å². The van der Waals surface area contributed by atoms with Crippen molar-refractivity contribution in [2.75, 3.05) is 0 Å². The molecule has 1 fully saturated rings. The Labute approximate surface area is 146 Å². The third kappa shape index (κ3) is 3.02. The van der Waals surface area contributed by atoms with E-state index in [1.54, 1.807) is 6.20 Å². The van der Waals surface area contributed by atoms with Crippen LogP contribution in [0.4, 0.5) is 0 Å². The number of carbonyl (C=O) groups excluding carboxylic acids is 1. The number of hydrogen-bond donors (Lipinski definition) is 0. The third-order valence-corrected chi connectivity index (χ3v) is 4.77. The Morgan fingerprint density at radius 2 is 2.00 bits per heavy atom. The number of ether oxygens (including phenoxy) is 1. The molecule has 5 nitrogen and oxygen atoms in total. The van der Waals surface area contributed by atoms with Gasteiger partial charge >= 0.3 is 5.97 Å². The lowest BCUT2D eigenvalue weighted by molar-refractivity contribution is 0.0320. The van der Waals surface area contributed by atoms with Gasteiger partial charge in [0.1, 0.15) is 6.10 Å². The maximum Gasteiger partial charge on any atom is 0.339 e. The highest BCUT2D eigenvalue weighted by atomic mass is 16.5. The van der Waals surface area contributed by atoms with E-state index in [0.717, 1.165) is 48.0 Å². The van der Waals surface area contributed by atoms with E-state index in [0.29, 0.717) is 12.1 Å². The molecule has 2 aromatic heterocycles. The molecule has 0 spiro atoms. The molecule has 1 saturated carbocycles. The van der Waals surface area contributed by atoms with Crippen molar-refractivity contribution in [1.82, 2.24) is 14.8 Å². The molecule has 0 radical (unpaired) electrons. The van der Waals surface area contributed by atoms with Crippen LogP contribution < -0.4 is 0 Å². The van der Waals surface area contributed by atoms with Crippen molar-refractivity contribution < 1.29 is 9.53 Å². The summed E-state index contributed by atoms with van der Waals surface area (Å²) in [5, 5.41) is 5.12. The van der Waals surface area contributed by atoms with E-state index in [-0.39, 0.29) is 12.1 Å². The Hall–Kier alpha value is -2.69. The van der Waals surface area contributed by atoms with Gasteiger partial charge in [0.15, 0.2) is 5.65 Å². The number of esters is 1. The summed E-state index contributed by atoms with van der Waals surface area (Å²) >= 11 is 0.